The van der Waals surface area contributed by atoms with Crippen LogP contribution >= 0.6 is 0 Å². The molecule has 2 aliphatic carbocycles. The minimum atomic E-state index is -0.0831. The van der Waals surface area contributed by atoms with Crippen molar-refractivity contribution in [2.45, 2.75) is 51.4 Å². The van der Waals surface area contributed by atoms with Crippen molar-refractivity contribution in [3.63, 3.8) is 0 Å². The predicted molar refractivity (Wildman–Crippen MR) is 263 cm³/mol. The standard InChI is InChI=1S/2C25H24N8O2/c2*1-13-5-22(33-4-3-23(33)34)28-10-18(13)20-6-14-7-21(27-11-19(14)24(26)30-20)31-25(35)17-8-16(17)15-9-29-32(2)12-15/h2*5-7,9-12,16-17H,3-4,8H2,1-2H3,(H2,26,30)(H,27,31,35)/t2*16-,17+/m10/s1. The summed E-state index contributed by atoms with van der Waals surface area (Å²) in [5, 5.41) is 17.3. The molecule has 352 valence electrons. The van der Waals surface area contributed by atoms with E-state index in [9.17, 15) is 19.2 Å². The first-order valence-corrected chi connectivity index (χ1v) is 23.0. The van der Waals surface area contributed by atoms with Crippen LogP contribution in [0.5, 0.6) is 0 Å². The van der Waals surface area contributed by atoms with Crippen LogP contribution < -0.4 is 31.9 Å². The molecule has 20 heteroatoms. The summed E-state index contributed by atoms with van der Waals surface area (Å²) in [6, 6.07) is 11.2. The molecule has 0 spiro atoms. The van der Waals surface area contributed by atoms with Crippen molar-refractivity contribution < 1.29 is 19.2 Å². The van der Waals surface area contributed by atoms with E-state index in [1.807, 2.05) is 89.1 Å². The molecule has 4 amide bonds. The van der Waals surface area contributed by atoms with Crippen LogP contribution in [-0.4, -0.2) is 86.2 Å². The highest BCUT2D eigenvalue weighted by atomic mass is 16.2. The molecule has 4 aliphatic rings. The fourth-order valence-corrected chi connectivity index (χ4v) is 9.20. The van der Waals surface area contributed by atoms with Crippen LogP contribution in [0.25, 0.3) is 44.1 Å². The third kappa shape index (κ3) is 8.36. The number of nitrogen functional groups attached to an aromatic ring is 2. The number of hydrogen-bond acceptors (Lipinski definition) is 14. The summed E-state index contributed by atoms with van der Waals surface area (Å²) < 4.78 is 3.50. The number of amides is 4. The molecule has 4 fully saturated rings. The van der Waals surface area contributed by atoms with Gasteiger partial charge in [0.25, 0.3) is 0 Å². The lowest BCUT2D eigenvalue weighted by Gasteiger charge is -2.29. The van der Waals surface area contributed by atoms with Gasteiger partial charge in [0.1, 0.15) is 34.9 Å². The summed E-state index contributed by atoms with van der Waals surface area (Å²) in [4.78, 5) is 79.2. The van der Waals surface area contributed by atoms with Crippen LogP contribution in [0.2, 0.25) is 0 Å². The van der Waals surface area contributed by atoms with Crippen molar-refractivity contribution in [3.8, 4) is 22.5 Å². The van der Waals surface area contributed by atoms with Gasteiger partial charge in [-0.15, -0.1) is 0 Å². The first kappa shape index (κ1) is 43.9. The third-order valence-electron chi connectivity index (χ3n) is 13.6. The van der Waals surface area contributed by atoms with Crippen LogP contribution in [0, 0.1) is 25.7 Å². The van der Waals surface area contributed by atoms with Crippen molar-refractivity contribution in [1.82, 2.24) is 49.5 Å². The number of carbonyl (C=O) groups excluding carboxylic acids is 4. The molecule has 20 nitrogen and oxygen atoms in total. The first-order valence-electron chi connectivity index (χ1n) is 23.0. The number of aryl methyl sites for hydroxylation is 4. The number of fused-ring (bicyclic) bond motifs is 2. The summed E-state index contributed by atoms with van der Waals surface area (Å²) in [5.41, 5.74) is 19.5. The van der Waals surface area contributed by atoms with Crippen LogP contribution in [0.4, 0.5) is 34.9 Å². The van der Waals surface area contributed by atoms with E-state index in [0.717, 1.165) is 57.0 Å². The van der Waals surface area contributed by atoms with Gasteiger partial charge in [-0.1, -0.05) is 0 Å². The van der Waals surface area contributed by atoms with Crippen molar-refractivity contribution in [1.29, 1.82) is 0 Å². The average Bonchev–Trinajstić information content (AvgIpc) is 4.22. The second-order valence-electron chi connectivity index (χ2n) is 18.4. The molecule has 4 atom stereocenters. The highest BCUT2D eigenvalue weighted by Gasteiger charge is 2.45. The number of nitrogens with one attached hydrogen (secondary N) is 2. The summed E-state index contributed by atoms with van der Waals surface area (Å²) >= 11 is 0. The topological polar surface area (TPSA) is 264 Å². The zero-order chi connectivity index (χ0) is 48.5. The van der Waals surface area contributed by atoms with Crippen LogP contribution in [0.1, 0.15) is 59.8 Å². The van der Waals surface area contributed by atoms with Gasteiger partial charge in [0.2, 0.25) is 23.6 Å². The second-order valence-corrected chi connectivity index (χ2v) is 18.4. The van der Waals surface area contributed by atoms with E-state index in [0.29, 0.717) is 83.0 Å². The molecule has 0 aromatic carbocycles. The Bertz CT molecular complexity index is 3250. The number of nitrogens with two attached hydrogens (primary N) is 2. The maximum Gasteiger partial charge on any atom is 0.229 e. The SMILES string of the molecule is Cc1cc(N2CCC2=O)ncc1-c1cc2cc(NC(=O)[C@@H]3C[C@H]3c3cnn(C)c3)ncc2c(N)n1.Cc1cc(N2CCC2=O)ncc1-c1cc2cc(NC(=O)[C@H]3C[C@@H]3c3cnn(C)c3)ncc2c(N)n1. The van der Waals surface area contributed by atoms with Gasteiger partial charge in [-0.2, -0.15) is 10.2 Å². The summed E-state index contributed by atoms with van der Waals surface area (Å²) in [5.74, 6) is 3.22. The number of hydrogen-bond donors (Lipinski definition) is 4. The van der Waals surface area contributed by atoms with Gasteiger partial charge in [-0.05, 0) is 108 Å². The largest absolute Gasteiger partial charge is 0.383 e. The zero-order valence-electron chi connectivity index (χ0n) is 38.8. The molecular weight excluding hydrogens is 889 g/mol. The van der Waals surface area contributed by atoms with Gasteiger partial charge in [0.15, 0.2) is 0 Å². The number of β-lactam (4-membered cyclic amide) rings is 2. The fourth-order valence-electron chi connectivity index (χ4n) is 9.20. The molecule has 8 aromatic rings. The van der Waals surface area contributed by atoms with Crippen LogP contribution in [-0.2, 0) is 33.3 Å². The zero-order valence-corrected chi connectivity index (χ0v) is 38.8. The Balaban J connectivity index is 0.000000152. The molecule has 0 radical (unpaired) electrons. The highest BCUT2D eigenvalue weighted by molar-refractivity contribution is 6.02. The Morgan fingerprint density at radius 1 is 0.586 bits per heavy atom. The molecule has 0 unspecified atom stereocenters. The number of carbonyl (C=O) groups is 4. The average molecular weight is 937 g/mol. The maximum absolute atomic E-state index is 12.8. The van der Waals surface area contributed by atoms with E-state index in [4.69, 9.17) is 11.5 Å². The Morgan fingerprint density at radius 2 is 1.01 bits per heavy atom. The predicted octanol–water partition coefficient (Wildman–Crippen LogP) is 5.59. The number of anilines is 6. The number of rotatable bonds is 10. The molecular formula is C50H48N16O4. The Morgan fingerprint density at radius 3 is 1.36 bits per heavy atom. The fraction of sp³-hybridized carbons (Fsp3) is 0.280. The molecule has 2 aliphatic heterocycles. The summed E-state index contributed by atoms with van der Waals surface area (Å²) in [7, 11) is 3.74. The lowest BCUT2D eigenvalue weighted by Crippen LogP contribution is -2.43. The van der Waals surface area contributed by atoms with E-state index in [-0.39, 0.29) is 47.3 Å². The molecule has 12 rings (SSSR count). The monoisotopic (exact) mass is 936 g/mol. The lowest BCUT2D eigenvalue weighted by molar-refractivity contribution is -0.122. The Labute approximate surface area is 400 Å². The summed E-state index contributed by atoms with van der Waals surface area (Å²) in [6.07, 6.45) is 17.0. The second kappa shape index (κ2) is 17.1. The summed E-state index contributed by atoms with van der Waals surface area (Å²) in [6.45, 7) is 5.30. The minimum absolute atomic E-state index is 0.0517. The van der Waals surface area contributed by atoms with E-state index in [1.165, 1.54) is 0 Å². The van der Waals surface area contributed by atoms with Gasteiger partial charge < -0.3 is 22.1 Å². The van der Waals surface area contributed by atoms with Gasteiger partial charge >= 0.3 is 0 Å². The third-order valence-corrected chi connectivity index (χ3v) is 13.6. The highest BCUT2D eigenvalue weighted by Crippen LogP contribution is 2.49. The molecule has 8 aromatic heterocycles. The van der Waals surface area contributed by atoms with Crippen molar-refractivity contribution in [2.75, 3.05) is 45.0 Å². The van der Waals surface area contributed by atoms with E-state index >= 15 is 0 Å². The normalized spacial score (nSPS) is 19.0. The number of nitrogens with zero attached hydrogens (tertiary/aromatic N) is 12. The molecule has 10 heterocycles. The molecule has 2 saturated carbocycles. The van der Waals surface area contributed by atoms with E-state index in [1.54, 1.807) is 44.0 Å². The van der Waals surface area contributed by atoms with Crippen molar-refractivity contribution in [3.05, 3.63) is 108 Å². The molecule has 2 saturated heterocycles. The van der Waals surface area contributed by atoms with Crippen LogP contribution in [0.15, 0.2) is 86.0 Å². The van der Waals surface area contributed by atoms with Gasteiger partial charge in [0, 0.05) is 111 Å². The van der Waals surface area contributed by atoms with Gasteiger partial charge in [0.05, 0.1) is 23.8 Å². The van der Waals surface area contributed by atoms with Gasteiger partial charge in [-0.25, -0.2) is 29.9 Å². The lowest BCUT2D eigenvalue weighted by atomic mass is 10.0. The first-order chi connectivity index (χ1) is 33.7. The number of aromatic nitrogens is 10. The molecule has 70 heavy (non-hydrogen) atoms. The van der Waals surface area contributed by atoms with Crippen molar-refractivity contribution >= 4 is 80.1 Å². The number of pyridine rings is 6. The smallest absolute Gasteiger partial charge is 0.229 e. The Hall–Kier alpha value is -8.68. The molecule has 6 N–H and O–H groups in total. The quantitative estimate of drug-likeness (QED) is 0.122. The Kier molecular flexibility index (Phi) is 10.7. The molecule has 0 bridgehead atoms. The van der Waals surface area contributed by atoms with Gasteiger partial charge in [-0.3, -0.25) is 38.3 Å². The minimum Gasteiger partial charge on any atom is -0.383 e. The van der Waals surface area contributed by atoms with Crippen molar-refractivity contribution in [2.24, 2.45) is 25.9 Å². The van der Waals surface area contributed by atoms with Crippen LogP contribution in [0.3, 0.4) is 0 Å². The van der Waals surface area contributed by atoms with E-state index in [2.05, 4.69) is 50.7 Å². The van der Waals surface area contributed by atoms with E-state index < -0.39 is 0 Å². The maximum atomic E-state index is 12.8.